The van der Waals surface area contributed by atoms with E-state index in [-0.39, 0.29) is 0 Å². The Morgan fingerprint density at radius 1 is 1.14 bits per heavy atom. The molecule has 1 atom stereocenters. The minimum Gasteiger partial charge on any atom is -0.479 e. The Balaban J connectivity index is 1.54. The van der Waals surface area contributed by atoms with Gasteiger partial charge in [-0.3, -0.25) is 4.68 Å². The first-order chi connectivity index (χ1) is 19.9. The van der Waals surface area contributed by atoms with E-state index < -0.39 is 17.7 Å². The summed E-state index contributed by atoms with van der Waals surface area (Å²) < 4.78 is 9.04. The number of likely N-dealkylation sites (tertiary alicyclic amines) is 1. The van der Waals surface area contributed by atoms with Crippen molar-refractivity contribution in [2.24, 2.45) is 7.05 Å². The summed E-state index contributed by atoms with van der Waals surface area (Å²) in [5, 5.41) is 17.9. The van der Waals surface area contributed by atoms with Crippen LogP contribution in [0.2, 0.25) is 5.02 Å². The molecule has 1 saturated heterocycles. The van der Waals surface area contributed by atoms with Crippen LogP contribution in [-0.4, -0.2) is 56.0 Å². The van der Waals surface area contributed by atoms with Crippen molar-refractivity contribution in [3.8, 4) is 21.7 Å². The van der Waals surface area contributed by atoms with Gasteiger partial charge in [0.1, 0.15) is 5.01 Å². The van der Waals surface area contributed by atoms with Crippen molar-refractivity contribution < 1.29 is 14.6 Å². The van der Waals surface area contributed by atoms with Gasteiger partial charge in [0, 0.05) is 53.2 Å². The highest BCUT2D eigenvalue weighted by Gasteiger charge is 2.33. The quantitative estimate of drug-likeness (QED) is 0.204. The third kappa shape index (κ3) is 5.22. The smallest absolute Gasteiger partial charge is 0.337 e. The average molecular weight is 603 g/mol. The van der Waals surface area contributed by atoms with Crippen LogP contribution in [0.1, 0.15) is 56.5 Å². The maximum absolute atomic E-state index is 12.6. The summed E-state index contributed by atoms with van der Waals surface area (Å²) in [6.07, 6.45) is -1.15. The Bertz CT molecular complexity index is 1810. The molecule has 42 heavy (non-hydrogen) atoms. The Hall–Kier alpha value is -3.30. The molecule has 0 amide bonds. The Morgan fingerprint density at radius 3 is 2.48 bits per heavy atom. The second kappa shape index (κ2) is 10.8. The lowest BCUT2D eigenvalue weighted by molar-refractivity contribution is -0.160. The number of fused-ring (bicyclic) bond motifs is 2. The van der Waals surface area contributed by atoms with E-state index >= 15 is 0 Å². The van der Waals surface area contributed by atoms with Crippen molar-refractivity contribution in [1.82, 2.24) is 19.7 Å². The minimum atomic E-state index is -1.15. The van der Waals surface area contributed by atoms with Crippen molar-refractivity contribution in [2.75, 3.05) is 19.6 Å². The molecule has 0 radical (unpaired) electrons. The van der Waals surface area contributed by atoms with E-state index in [0.717, 1.165) is 73.7 Å². The molecule has 1 fully saturated rings. The minimum absolute atomic E-state index is 0.428. The topological polar surface area (TPSA) is 80.5 Å². The molecule has 7 nitrogen and oxygen atoms in total. The van der Waals surface area contributed by atoms with Gasteiger partial charge in [-0.25, -0.2) is 9.78 Å². The van der Waals surface area contributed by atoms with Gasteiger partial charge in [-0.1, -0.05) is 30.7 Å². The van der Waals surface area contributed by atoms with Gasteiger partial charge in [-0.15, -0.1) is 11.3 Å². The van der Waals surface area contributed by atoms with Crippen LogP contribution in [-0.2, 0) is 16.6 Å². The zero-order valence-electron chi connectivity index (χ0n) is 24.7. The van der Waals surface area contributed by atoms with Gasteiger partial charge in [0.2, 0.25) is 0 Å². The molecule has 1 N–H and O–H groups in total. The number of aryl methyl sites for hydroxylation is 2. The van der Waals surface area contributed by atoms with E-state index in [1.54, 1.807) is 11.3 Å². The molecule has 0 bridgehead atoms. The predicted molar refractivity (Wildman–Crippen MR) is 171 cm³/mol. The Kier molecular flexibility index (Phi) is 7.38. The normalized spacial score (nSPS) is 15.4. The first kappa shape index (κ1) is 28.8. The molecule has 1 aliphatic rings. The largest absolute Gasteiger partial charge is 0.479 e. The van der Waals surface area contributed by atoms with Gasteiger partial charge in [0.25, 0.3) is 0 Å². The average Bonchev–Trinajstić information content (AvgIpc) is 3.47. The number of carbonyl (C=O) groups is 1. The fourth-order valence-corrected chi connectivity index (χ4v) is 7.14. The summed E-state index contributed by atoms with van der Waals surface area (Å²) in [6.45, 7) is 12.9. The van der Waals surface area contributed by atoms with Crippen LogP contribution in [0, 0.1) is 6.92 Å². The van der Waals surface area contributed by atoms with Gasteiger partial charge >= 0.3 is 5.97 Å². The summed E-state index contributed by atoms with van der Waals surface area (Å²) in [6, 6.07) is 15.9. The summed E-state index contributed by atoms with van der Waals surface area (Å²) in [4.78, 5) is 20.2. The molecule has 0 unspecified atom stereocenters. The van der Waals surface area contributed by atoms with Gasteiger partial charge in [-0.2, -0.15) is 5.10 Å². The second-order valence-electron chi connectivity index (χ2n) is 12.1. The van der Waals surface area contributed by atoms with Crippen molar-refractivity contribution in [1.29, 1.82) is 0 Å². The maximum Gasteiger partial charge on any atom is 0.337 e. The number of nitrogens with zero attached hydrogens (tertiary/aromatic N) is 4. The highest BCUT2D eigenvalue weighted by atomic mass is 35.5. The number of likely N-dealkylation sites (N-methyl/N-ethyl adjacent to an activating group) is 1. The molecule has 6 rings (SSSR count). The number of carboxylic acid groups (broad SMARTS) is 1. The molecular formula is C33H35ClN4O3S. The Morgan fingerprint density at radius 2 is 1.83 bits per heavy atom. The van der Waals surface area contributed by atoms with Gasteiger partial charge in [0.05, 0.1) is 27.0 Å². The highest BCUT2D eigenvalue weighted by Crippen LogP contribution is 2.45. The fourth-order valence-electron chi connectivity index (χ4n) is 5.89. The van der Waals surface area contributed by atoms with Crippen LogP contribution < -0.4 is 0 Å². The lowest BCUT2D eigenvalue weighted by atomic mass is 9.91. The SMILES string of the molecule is CCN1CC(c2nn(C)c3ccc(-c4nc5cc(C)c([C@H](OC(C)(C)C)C(=O)O)c(-c6ccc(Cl)cc6)c5s4)cc23)C1. The summed E-state index contributed by atoms with van der Waals surface area (Å²) in [5.41, 5.74) is 6.58. The molecule has 218 valence electrons. The first-order valence-electron chi connectivity index (χ1n) is 14.2. The summed E-state index contributed by atoms with van der Waals surface area (Å²) in [7, 11) is 2.00. The van der Waals surface area contributed by atoms with Crippen LogP contribution in [0.3, 0.4) is 0 Å². The van der Waals surface area contributed by atoms with E-state index in [4.69, 9.17) is 26.4 Å². The summed E-state index contributed by atoms with van der Waals surface area (Å²) >= 11 is 7.82. The van der Waals surface area contributed by atoms with E-state index in [2.05, 4.69) is 30.0 Å². The number of halogens is 1. The molecular weight excluding hydrogens is 568 g/mol. The molecule has 5 aromatic rings. The predicted octanol–water partition coefficient (Wildman–Crippen LogP) is 7.84. The van der Waals surface area contributed by atoms with E-state index in [1.165, 1.54) is 0 Å². The van der Waals surface area contributed by atoms with Crippen molar-refractivity contribution in [3.63, 3.8) is 0 Å². The number of ether oxygens (including phenoxy) is 1. The van der Waals surface area contributed by atoms with Crippen LogP contribution in [0.5, 0.6) is 0 Å². The zero-order chi connectivity index (χ0) is 29.9. The molecule has 3 aromatic carbocycles. The summed E-state index contributed by atoms with van der Waals surface area (Å²) in [5.74, 6) is -0.601. The van der Waals surface area contributed by atoms with Crippen LogP contribution in [0.25, 0.3) is 42.8 Å². The zero-order valence-corrected chi connectivity index (χ0v) is 26.3. The third-order valence-electron chi connectivity index (χ3n) is 7.94. The molecule has 1 aliphatic heterocycles. The lowest BCUT2D eigenvalue weighted by Crippen LogP contribution is -2.44. The number of aromatic nitrogens is 3. The van der Waals surface area contributed by atoms with Crippen LogP contribution in [0.15, 0.2) is 48.5 Å². The fraction of sp³-hybridized carbons (Fsp3) is 0.364. The van der Waals surface area contributed by atoms with E-state index in [1.807, 2.05) is 69.8 Å². The van der Waals surface area contributed by atoms with Gasteiger partial charge < -0.3 is 14.7 Å². The number of hydrogen-bond acceptors (Lipinski definition) is 6. The highest BCUT2D eigenvalue weighted by molar-refractivity contribution is 7.22. The lowest BCUT2D eigenvalue weighted by Gasteiger charge is -2.37. The number of carboxylic acids is 1. The molecule has 3 heterocycles. The number of hydrogen-bond donors (Lipinski definition) is 1. The van der Waals surface area contributed by atoms with E-state index in [9.17, 15) is 9.90 Å². The Labute approximate surface area is 254 Å². The number of thiazole rings is 1. The van der Waals surface area contributed by atoms with Gasteiger partial charge in [0.15, 0.2) is 6.10 Å². The van der Waals surface area contributed by atoms with Gasteiger partial charge in [-0.05, 0) is 81.8 Å². The molecule has 0 saturated carbocycles. The second-order valence-corrected chi connectivity index (χ2v) is 13.5. The third-order valence-corrected chi connectivity index (χ3v) is 9.33. The van der Waals surface area contributed by atoms with Crippen LogP contribution in [0.4, 0.5) is 0 Å². The number of rotatable bonds is 7. The number of aliphatic carboxylic acids is 1. The van der Waals surface area contributed by atoms with E-state index in [0.29, 0.717) is 16.5 Å². The van der Waals surface area contributed by atoms with Crippen molar-refractivity contribution in [3.05, 3.63) is 70.4 Å². The maximum atomic E-state index is 12.6. The first-order valence-corrected chi connectivity index (χ1v) is 15.4. The standard InChI is InChI=1S/C33H35ClN4O3S/c1-7-38-16-21(17-38)28-23-15-20(10-13-25(23)37(6)36-28)31-35-24-14-18(2)26(29(32(39)40)41-33(3,4)5)27(30(24)42-31)19-8-11-22(34)12-9-19/h8-15,21,29H,7,16-17H2,1-6H3,(H,39,40)/t29-/m0/s1. The van der Waals surface area contributed by atoms with Crippen LogP contribution >= 0.6 is 22.9 Å². The molecule has 9 heteroatoms. The monoisotopic (exact) mass is 602 g/mol. The van der Waals surface area contributed by atoms with Crippen molar-refractivity contribution in [2.45, 2.75) is 52.2 Å². The molecule has 0 spiro atoms. The van der Waals surface area contributed by atoms with Crippen molar-refractivity contribution >= 4 is 50.0 Å². The molecule has 2 aromatic heterocycles. The molecule has 0 aliphatic carbocycles. The number of benzene rings is 3.